The molecular weight excluding hydrogens is 192 g/mol. The SMILES string of the molecule is CC[C@@H](C)CC(=O)O[C@@H]1CCOC[C@@H]1C. The van der Waals surface area contributed by atoms with Gasteiger partial charge in [0, 0.05) is 18.8 Å². The lowest BCUT2D eigenvalue weighted by Gasteiger charge is -2.28. The highest BCUT2D eigenvalue weighted by molar-refractivity contribution is 5.69. The van der Waals surface area contributed by atoms with Crippen molar-refractivity contribution in [3.8, 4) is 0 Å². The predicted molar refractivity (Wildman–Crippen MR) is 58.6 cm³/mol. The van der Waals surface area contributed by atoms with Crippen LogP contribution in [0.4, 0.5) is 0 Å². The molecule has 0 aromatic carbocycles. The van der Waals surface area contributed by atoms with Crippen LogP contribution >= 0.6 is 0 Å². The lowest BCUT2D eigenvalue weighted by atomic mass is 10.0. The third-order valence-corrected chi connectivity index (χ3v) is 3.06. The molecule has 0 N–H and O–H groups in total. The molecule has 3 nitrogen and oxygen atoms in total. The van der Waals surface area contributed by atoms with Crippen molar-refractivity contribution in [2.45, 2.75) is 46.1 Å². The van der Waals surface area contributed by atoms with Crippen LogP contribution in [0.5, 0.6) is 0 Å². The monoisotopic (exact) mass is 214 g/mol. The Morgan fingerprint density at radius 2 is 2.33 bits per heavy atom. The fraction of sp³-hybridized carbons (Fsp3) is 0.917. The summed E-state index contributed by atoms with van der Waals surface area (Å²) in [7, 11) is 0. The van der Waals surface area contributed by atoms with E-state index < -0.39 is 0 Å². The van der Waals surface area contributed by atoms with Crippen molar-refractivity contribution in [2.75, 3.05) is 13.2 Å². The standard InChI is InChI=1S/C12H22O3/c1-4-9(2)7-12(13)15-11-5-6-14-8-10(11)3/h9-11H,4-8H2,1-3H3/t9-,10+,11-/m1/s1. The molecule has 0 saturated carbocycles. The molecular formula is C12H22O3. The van der Waals surface area contributed by atoms with Gasteiger partial charge in [-0.05, 0) is 5.92 Å². The maximum Gasteiger partial charge on any atom is 0.306 e. The average molecular weight is 214 g/mol. The molecule has 0 radical (unpaired) electrons. The third-order valence-electron chi connectivity index (χ3n) is 3.06. The Morgan fingerprint density at radius 3 is 2.93 bits per heavy atom. The summed E-state index contributed by atoms with van der Waals surface area (Å²) < 4.78 is 10.8. The van der Waals surface area contributed by atoms with Crippen LogP contribution in [0.1, 0.15) is 40.0 Å². The first-order valence-corrected chi connectivity index (χ1v) is 5.90. The van der Waals surface area contributed by atoms with Crippen molar-refractivity contribution in [1.82, 2.24) is 0 Å². The lowest BCUT2D eigenvalue weighted by molar-refractivity contribution is -0.158. The molecule has 1 heterocycles. The van der Waals surface area contributed by atoms with Gasteiger partial charge in [0.2, 0.25) is 0 Å². The number of carbonyl (C=O) groups excluding carboxylic acids is 1. The van der Waals surface area contributed by atoms with E-state index in [1.165, 1.54) is 0 Å². The van der Waals surface area contributed by atoms with Crippen LogP contribution in [0.15, 0.2) is 0 Å². The van der Waals surface area contributed by atoms with Crippen molar-refractivity contribution in [3.63, 3.8) is 0 Å². The molecule has 1 fully saturated rings. The minimum absolute atomic E-state index is 0.0527. The molecule has 1 aliphatic rings. The molecule has 3 atom stereocenters. The van der Waals surface area contributed by atoms with Crippen molar-refractivity contribution in [1.29, 1.82) is 0 Å². The summed E-state index contributed by atoms with van der Waals surface area (Å²) in [5.41, 5.74) is 0. The molecule has 3 heteroatoms. The van der Waals surface area contributed by atoms with Gasteiger partial charge in [0.25, 0.3) is 0 Å². The summed E-state index contributed by atoms with van der Waals surface area (Å²) in [6, 6.07) is 0. The highest BCUT2D eigenvalue weighted by atomic mass is 16.6. The number of carbonyl (C=O) groups is 1. The zero-order valence-corrected chi connectivity index (χ0v) is 9.99. The number of hydrogen-bond donors (Lipinski definition) is 0. The Hall–Kier alpha value is -0.570. The Bertz CT molecular complexity index is 203. The Morgan fingerprint density at radius 1 is 1.60 bits per heavy atom. The Balaban J connectivity index is 2.29. The first-order valence-electron chi connectivity index (χ1n) is 5.90. The van der Waals surface area contributed by atoms with Crippen LogP contribution in [0.25, 0.3) is 0 Å². The molecule has 1 rings (SSSR count). The third kappa shape index (κ3) is 4.20. The summed E-state index contributed by atoms with van der Waals surface area (Å²) >= 11 is 0. The van der Waals surface area contributed by atoms with E-state index in [0.29, 0.717) is 31.5 Å². The molecule has 0 aliphatic carbocycles. The largest absolute Gasteiger partial charge is 0.462 e. The first-order chi connectivity index (χ1) is 7.13. The molecule has 15 heavy (non-hydrogen) atoms. The first kappa shape index (κ1) is 12.5. The number of ether oxygens (including phenoxy) is 2. The van der Waals surface area contributed by atoms with Gasteiger partial charge in [-0.3, -0.25) is 4.79 Å². The maximum atomic E-state index is 11.6. The van der Waals surface area contributed by atoms with Crippen molar-refractivity contribution < 1.29 is 14.3 Å². The minimum Gasteiger partial charge on any atom is -0.462 e. The van der Waals surface area contributed by atoms with Gasteiger partial charge in [-0.15, -0.1) is 0 Å². The van der Waals surface area contributed by atoms with Crippen LogP contribution in [-0.2, 0) is 14.3 Å². The molecule has 0 unspecified atom stereocenters. The second-order valence-electron chi connectivity index (χ2n) is 4.59. The predicted octanol–water partition coefficient (Wildman–Crippen LogP) is 2.39. The van der Waals surface area contributed by atoms with Gasteiger partial charge in [-0.25, -0.2) is 0 Å². The van der Waals surface area contributed by atoms with Crippen LogP contribution in [0.2, 0.25) is 0 Å². The van der Waals surface area contributed by atoms with Crippen LogP contribution in [-0.4, -0.2) is 25.3 Å². The average Bonchev–Trinajstić information content (AvgIpc) is 2.21. The smallest absolute Gasteiger partial charge is 0.306 e. The van der Waals surface area contributed by atoms with E-state index in [4.69, 9.17) is 9.47 Å². The quantitative estimate of drug-likeness (QED) is 0.674. The second kappa shape index (κ2) is 6.11. The summed E-state index contributed by atoms with van der Waals surface area (Å²) in [5.74, 6) is 0.704. The minimum atomic E-state index is -0.0527. The fourth-order valence-corrected chi connectivity index (χ4v) is 1.68. The van der Waals surface area contributed by atoms with Crippen molar-refractivity contribution >= 4 is 5.97 Å². The summed E-state index contributed by atoms with van der Waals surface area (Å²) in [5, 5.41) is 0. The highest BCUT2D eigenvalue weighted by Gasteiger charge is 2.25. The van der Waals surface area contributed by atoms with Gasteiger partial charge >= 0.3 is 5.97 Å². The molecule has 88 valence electrons. The summed E-state index contributed by atoms with van der Waals surface area (Å²) in [6.45, 7) is 7.66. The van der Waals surface area contributed by atoms with Crippen LogP contribution in [0.3, 0.4) is 0 Å². The van der Waals surface area contributed by atoms with E-state index in [9.17, 15) is 4.79 Å². The van der Waals surface area contributed by atoms with Crippen molar-refractivity contribution in [2.24, 2.45) is 11.8 Å². The summed E-state index contributed by atoms with van der Waals surface area (Å²) in [4.78, 5) is 11.6. The zero-order valence-electron chi connectivity index (χ0n) is 9.99. The number of rotatable bonds is 4. The zero-order chi connectivity index (χ0) is 11.3. The van der Waals surface area contributed by atoms with Gasteiger partial charge in [-0.2, -0.15) is 0 Å². The van der Waals surface area contributed by atoms with Crippen LogP contribution in [0, 0.1) is 11.8 Å². The molecule has 1 saturated heterocycles. The number of hydrogen-bond acceptors (Lipinski definition) is 3. The molecule has 0 aromatic heterocycles. The molecule has 0 bridgehead atoms. The summed E-state index contributed by atoms with van der Waals surface area (Å²) in [6.07, 6.45) is 2.47. The Labute approximate surface area is 92.1 Å². The van der Waals surface area contributed by atoms with Gasteiger partial charge in [0.05, 0.1) is 13.2 Å². The van der Waals surface area contributed by atoms with Gasteiger partial charge in [-0.1, -0.05) is 27.2 Å². The Kier molecular flexibility index (Phi) is 5.09. The lowest BCUT2D eigenvalue weighted by Crippen LogP contribution is -2.34. The number of esters is 1. The van der Waals surface area contributed by atoms with Gasteiger partial charge in [0.15, 0.2) is 0 Å². The molecule has 0 spiro atoms. The molecule has 1 aliphatic heterocycles. The van der Waals surface area contributed by atoms with Gasteiger partial charge < -0.3 is 9.47 Å². The van der Waals surface area contributed by atoms with E-state index >= 15 is 0 Å². The second-order valence-corrected chi connectivity index (χ2v) is 4.59. The van der Waals surface area contributed by atoms with E-state index in [0.717, 1.165) is 12.8 Å². The van der Waals surface area contributed by atoms with Crippen molar-refractivity contribution in [3.05, 3.63) is 0 Å². The van der Waals surface area contributed by atoms with Gasteiger partial charge in [0.1, 0.15) is 6.10 Å². The fourth-order valence-electron chi connectivity index (χ4n) is 1.68. The van der Waals surface area contributed by atoms with E-state index in [1.54, 1.807) is 0 Å². The van der Waals surface area contributed by atoms with E-state index in [-0.39, 0.29) is 12.1 Å². The van der Waals surface area contributed by atoms with Crippen LogP contribution < -0.4 is 0 Å². The molecule has 0 aromatic rings. The highest BCUT2D eigenvalue weighted by Crippen LogP contribution is 2.19. The normalized spacial score (nSPS) is 28.5. The topological polar surface area (TPSA) is 35.5 Å². The maximum absolute atomic E-state index is 11.6. The van der Waals surface area contributed by atoms with E-state index in [2.05, 4.69) is 20.8 Å². The molecule has 0 amide bonds. The van der Waals surface area contributed by atoms with E-state index in [1.807, 2.05) is 0 Å².